The Morgan fingerprint density at radius 1 is 1.35 bits per heavy atom. The van der Waals surface area contributed by atoms with Gasteiger partial charge in [0.15, 0.2) is 0 Å². The quantitative estimate of drug-likeness (QED) is 0.810. The number of alkyl halides is 3. The van der Waals surface area contributed by atoms with Gasteiger partial charge in [0, 0.05) is 18.0 Å². The van der Waals surface area contributed by atoms with Gasteiger partial charge in [-0.25, -0.2) is 4.39 Å². The molecule has 0 bridgehead atoms. The molecule has 17 heavy (non-hydrogen) atoms. The Morgan fingerprint density at radius 3 is 2.47 bits per heavy atom. The highest BCUT2D eigenvalue weighted by atomic mass is 19.4. The maximum Gasteiger partial charge on any atom is 0.389 e. The number of rotatable bonds is 3. The fourth-order valence-corrected chi connectivity index (χ4v) is 1.52. The Kier molecular flexibility index (Phi) is 3.98. The summed E-state index contributed by atoms with van der Waals surface area (Å²) in [6.07, 6.45) is -5.77. The first-order valence-electron chi connectivity index (χ1n) is 5.02. The van der Waals surface area contributed by atoms with Crippen molar-refractivity contribution in [1.29, 1.82) is 0 Å². The summed E-state index contributed by atoms with van der Waals surface area (Å²) >= 11 is 0. The van der Waals surface area contributed by atoms with E-state index in [2.05, 4.69) is 0 Å². The summed E-state index contributed by atoms with van der Waals surface area (Å²) in [7, 11) is 0. The molecule has 0 spiro atoms. The van der Waals surface area contributed by atoms with Crippen LogP contribution in [0.15, 0.2) is 12.1 Å². The van der Waals surface area contributed by atoms with Gasteiger partial charge in [0.05, 0.1) is 0 Å². The van der Waals surface area contributed by atoms with Gasteiger partial charge in [-0.1, -0.05) is 0 Å². The number of aromatic hydroxyl groups is 1. The standard InChI is InChI=1S/C11H13F4NO/c1-6-4-7(12)5-8(10(6)17)9(16)2-3-11(13,14)15/h4-5,9,17H,2-3,16H2,1H3/t9-/m1/s1. The van der Waals surface area contributed by atoms with Crippen molar-refractivity contribution in [1.82, 2.24) is 0 Å². The average Bonchev–Trinajstić information content (AvgIpc) is 2.19. The predicted octanol–water partition coefficient (Wildman–Crippen LogP) is 3.18. The second-order valence-corrected chi connectivity index (χ2v) is 3.92. The van der Waals surface area contributed by atoms with Crippen LogP contribution in [0.3, 0.4) is 0 Å². The third kappa shape index (κ3) is 3.89. The molecule has 0 aliphatic heterocycles. The van der Waals surface area contributed by atoms with Crippen molar-refractivity contribution in [2.24, 2.45) is 5.73 Å². The minimum atomic E-state index is -4.31. The molecule has 1 rings (SSSR count). The molecule has 0 radical (unpaired) electrons. The Hall–Kier alpha value is -1.30. The summed E-state index contributed by atoms with van der Waals surface area (Å²) in [5, 5.41) is 9.59. The molecular formula is C11H13F4NO. The Morgan fingerprint density at radius 2 is 1.94 bits per heavy atom. The average molecular weight is 251 g/mol. The first-order valence-corrected chi connectivity index (χ1v) is 5.02. The summed E-state index contributed by atoms with van der Waals surface area (Å²) in [5.41, 5.74) is 5.77. The van der Waals surface area contributed by atoms with Crippen LogP contribution >= 0.6 is 0 Å². The number of halogens is 4. The minimum absolute atomic E-state index is 0.00625. The second kappa shape index (κ2) is 4.91. The second-order valence-electron chi connectivity index (χ2n) is 3.92. The number of aryl methyl sites for hydroxylation is 1. The van der Waals surface area contributed by atoms with E-state index in [1.807, 2.05) is 0 Å². The van der Waals surface area contributed by atoms with Gasteiger partial charge in [0.25, 0.3) is 0 Å². The van der Waals surface area contributed by atoms with Gasteiger partial charge >= 0.3 is 6.18 Å². The van der Waals surface area contributed by atoms with Crippen LogP contribution in [0.5, 0.6) is 5.75 Å². The number of benzene rings is 1. The van der Waals surface area contributed by atoms with Crippen molar-refractivity contribution in [3.05, 3.63) is 29.1 Å². The number of phenols is 1. The highest BCUT2D eigenvalue weighted by molar-refractivity contribution is 5.41. The zero-order chi connectivity index (χ0) is 13.2. The summed E-state index contributed by atoms with van der Waals surface area (Å²) in [4.78, 5) is 0. The molecular weight excluding hydrogens is 238 g/mol. The Balaban J connectivity index is 2.85. The van der Waals surface area contributed by atoms with E-state index in [1.54, 1.807) is 0 Å². The Labute approximate surface area is 96.1 Å². The summed E-state index contributed by atoms with van der Waals surface area (Å²) in [6, 6.07) is 1.02. The van der Waals surface area contributed by atoms with Crippen molar-refractivity contribution >= 4 is 0 Å². The van der Waals surface area contributed by atoms with E-state index in [0.717, 1.165) is 12.1 Å². The molecule has 0 saturated heterocycles. The molecule has 0 heterocycles. The maximum atomic E-state index is 13.1. The molecule has 2 nitrogen and oxygen atoms in total. The van der Waals surface area contributed by atoms with Crippen molar-refractivity contribution < 1.29 is 22.7 Å². The smallest absolute Gasteiger partial charge is 0.389 e. The van der Waals surface area contributed by atoms with E-state index in [9.17, 15) is 22.7 Å². The summed E-state index contributed by atoms with van der Waals surface area (Å²) in [6.45, 7) is 1.46. The van der Waals surface area contributed by atoms with Crippen LogP contribution in [-0.2, 0) is 0 Å². The third-order valence-electron chi connectivity index (χ3n) is 2.43. The summed E-state index contributed by atoms with van der Waals surface area (Å²) in [5.74, 6) is -0.876. The van der Waals surface area contributed by atoms with Crippen molar-refractivity contribution in [3.8, 4) is 5.75 Å². The van der Waals surface area contributed by atoms with Gasteiger partial charge < -0.3 is 10.8 Å². The van der Waals surface area contributed by atoms with E-state index in [0.29, 0.717) is 0 Å². The zero-order valence-corrected chi connectivity index (χ0v) is 9.18. The maximum absolute atomic E-state index is 13.1. The SMILES string of the molecule is Cc1cc(F)cc([C@H](N)CCC(F)(F)F)c1O. The third-order valence-corrected chi connectivity index (χ3v) is 2.43. The van der Waals surface area contributed by atoms with Crippen LogP contribution in [0.25, 0.3) is 0 Å². The van der Waals surface area contributed by atoms with Crippen LogP contribution in [0, 0.1) is 12.7 Å². The lowest BCUT2D eigenvalue weighted by Gasteiger charge is -2.16. The molecule has 0 aromatic heterocycles. The molecule has 0 aliphatic carbocycles. The molecule has 1 aromatic rings. The molecule has 0 aliphatic rings. The van der Waals surface area contributed by atoms with Crippen molar-refractivity contribution in [2.75, 3.05) is 0 Å². The lowest BCUT2D eigenvalue weighted by atomic mass is 9.99. The minimum Gasteiger partial charge on any atom is -0.507 e. The van der Waals surface area contributed by atoms with Crippen LogP contribution in [0.2, 0.25) is 0 Å². The van der Waals surface area contributed by atoms with E-state index < -0.39 is 24.5 Å². The number of nitrogens with two attached hydrogens (primary N) is 1. The van der Waals surface area contributed by atoms with Gasteiger partial charge in [-0.05, 0) is 31.0 Å². The van der Waals surface area contributed by atoms with Crippen LogP contribution < -0.4 is 5.73 Å². The topological polar surface area (TPSA) is 46.2 Å². The van der Waals surface area contributed by atoms with Gasteiger partial charge in [0.2, 0.25) is 0 Å². The molecule has 3 N–H and O–H groups in total. The highest BCUT2D eigenvalue weighted by Gasteiger charge is 2.28. The normalized spacial score (nSPS) is 13.8. The van der Waals surface area contributed by atoms with Gasteiger partial charge in [-0.2, -0.15) is 13.2 Å². The first kappa shape index (κ1) is 13.8. The molecule has 1 atom stereocenters. The molecule has 1 aromatic carbocycles. The fourth-order valence-electron chi connectivity index (χ4n) is 1.52. The van der Waals surface area contributed by atoms with Gasteiger partial charge in [-0.3, -0.25) is 0 Å². The highest BCUT2D eigenvalue weighted by Crippen LogP contribution is 2.32. The van der Waals surface area contributed by atoms with E-state index in [-0.39, 0.29) is 23.3 Å². The monoisotopic (exact) mass is 251 g/mol. The summed E-state index contributed by atoms with van der Waals surface area (Å²) < 4.78 is 49.0. The van der Waals surface area contributed by atoms with E-state index in [4.69, 9.17) is 5.73 Å². The molecule has 6 heteroatoms. The number of hydrogen-bond donors (Lipinski definition) is 2. The lowest BCUT2D eigenvalue weighted by Crippen LogP contribution is -2.16. The van der Waals surface area contributed by atoms with E-state index >= 15 is 0 Å². The number of phenolic OH excluding ortho intramolecular Hbond substituents is 1. The van der Waals surface area contributed by atoms with Crippen molar-refractivity contribution in [2.45, 2.75) is 32.0 Å². The molecule has 0 amide bonds. The Bertz CT molecular complexity index is 403. The zero-order valence-electron chi connectivity index (χ0n) is 9.18. The lowest BCUT2D eigenvalue weighted by molar-refractivity contribution is -0.136. The van der Waals surface area contributed by atoms with Gasteiger partial charge in [0.1, 0.15) is 11.6 Å². The molecule has 0 unspecified atom stereocenters. The van der Waals surface area contributed by atoms with Crippen LogP contribution in [0.1, 0.15) is 30.0 Å². The van der Waals surface area contributed by atoms with Gasteiger partial charge in [-0.15, -0.1) is 0 Å². The molecule has 0 fully saturated rings. The number of hydrogen-bond acceptors (Lipinski definition) is 2. The fraction of sp³-hybridized carbons (Fsp3) is 0.455. The predicted molar refractivity (Wildman–Crippen MR) is 55.0 cm³/mol. The molecule has 0 saturated carbocycles. The van der Waals surface area contributed by atoms with Crippen LogP contribution in [0.4, 0.5) is 17.6 Å². The van der Waals surface area contributed by atoms with Crippen molar-refractivity contribution in [3.63, 3.8) is 0 Å². The first-order chi connectivity index (χ1) is 7.70. The van der Waals surface area contributed by atoms with E-state index in [1.165, 1.54) is 6.92 Å². The largest absolute Gasteiger partial charge is 0.507 e. The van der Waals surface area contributed by atoms with Crippen LogP contribution in [-0.4, -0.2) is 11.3 Å². The molecule has 96 valence electrons.